The molecule has 0 aliphatic heterocycles. The maximum absolute atomic E-state index is 7.75. The summed E-state index contributed by atoms with van der Waals surface area (Å²) in [6.45, 7) is 5.76. The van der Waals surface area contributed by atoms with Crippen molar-refractivity contribution in [1.82, 2.24) is 0 Å². The van der Waals surface area contributed by atoms with Crippen LogP contribution in [-0.2, 0) is 0 Å². The van der Waals surface area contributed by atoms with Crippen LogP contribution < -0.4 is 5.73 Å². The zero-order chi connectivity index (χ0) is 15.0. The van der Waals surface area contributed by atoms with E-state index in [9.17, 15) is 0 Å². The molecular weight excluding hydrogens is 260 g/mol. The molecule has 3 heteroatoms. The summed E-state index contributed by atoms with van der Waals surface area (Å²) in [6, 6.07) is 11.6. The number of amidine groups is 1. The Labute approximate surface area is 122 Å². The van der Waals surface area contributed by atoms with E-state index in [0.717, 1.165) is 33.1 Å². The molecule has 0 fully saturated rings. The molecule has 0 amide bonds. The first-order chi connectivity index (χ1) is 10.1. The van der Waals surface area contributed by atoms with E-state index in [4.69, 9.17) is 15.6 Å². The fraction of sp³-hybridized carbons (Fsp3) is 0.0556. The van der Waals surface area contributed by atoms with Gasteiger partial charge in [-0.1, -0.05) is 36.9 Å². The molecule has 3 N–H and O–H groups in total. The molecule has 0 unspecified atom stereocenters. The molecule has 21 heavy (non-hydrogen) atoms. The van der Waals surface area contributed by atoms with Crippen molar-refractivity contribution in [3.63, 3.8) is 0 Å². The third-order valence-electron chi connectivity index (χ3n) is 3.61. The highest BCUT2D eigenvalue weighted by Crippen LogP contribution is 2.33. The van der Waals surface area contributed by atoms with Gasteiger partial charge in [0.2, 0.25) is 0 Å². The summed E-state index contributed by atoms with van der Waals surface area (Å²) >= 11 is 0. The number of nitrogens with two attached hydrogens (primary N) is 1. The monoisotopic (exact) mass is 276 g/mol. The molecule has 104 valence electrons. The van der Waals surface area contributed by atoms with Crippen LogP contribution in [0.1, 0.15) is 18.1 Å². The van der Waals surface area contributed by atoms with Crippen LogP contribution in [0.5, 0.6) is 0 Å². The molecule has 3 rings (SSSR count). The molecule has 0 saturated carbocycles. The maximum atomic E-state index is 7.75. The van der Waals surface area contributed by atoms with Crippen molar-refractivity contribution < 1.29 is 4.42 Å². The second-order valence-electron chi connectivity index (χ2n) is 4.99. The summed E-state index contributed by atoms with van der Waals surface area (Å²) in [7, 11) is 0. The van der Waals surface area contributed by atoms with Crippen LogP contribution >= 0.6 is 0 Å². The molecule has 0 aliphatic rings. The quantitative estimate of drug-likeness (QED) is 0.421. The van der Waals surface area contributed by atoms with E-state index in [1.807, 2.05) is 43.3 Å². The molecule has 3 nitrogen and oxygen atoms in total. The minimum atomic E-state index is 0.0482. The Morgan fingerprint density at radius 1 is 1.24 bits per heavy atom. The molecule has 0 spiro atoms. The van der Waals surface area contributed by atoms with Crippen LogP contribution in [0.15, 0.2) is 59.5 Å². The maximum Gasteiger partial charge on any atom is 0.136 e. The Morgan fingerprint density at radius 2 is 2.05 bits per heavy atom. The number of furan rings is 1. The van der Waals surface area contributed by atoms with E-state index >= 15 is 0 Å². The number of rotatable bonds is 3. The van der Waals surface area contributed by atoms with Gasteiger partial charge in [-0.05, 0) is 36.3 Å². The van der Waals surface area contributed by atoms with Crippen molar-refractivity contribution in [2.75, 3.05) is 0 Å². The minimum absolute atomic E-state index is 0.0482. The number of nitrogens with one attached hydrogen (secondary N) is 1. The molecular formula is C18H16N2O. The van der Waals surface area contributed by atoms with E-state index < -0.39 is 0 Å². The van der Waals surface area contributed by atoms with Crippen LogP contribution in [0.2, 0.25) is 0 Å². The fourth-order valence-corrected chi connectivity index (χ4v) is 2.57. The largest absolute Gasteiger partial charge is 0.456 e. The van der Waals surface area contributed by atoms with Gasteiger partial charge in [0.1, 0.15) is 17.0 Å². The van der Waals surface area contributed by atoms with Crippen molar-refractivity contribution in [3.8, 4) is 0 Å². The normalized spacial score (nSPS) is 12.0. The van der Waals surface area contributed by atoms with Gasteiger partial charge in [0.15, 0.2) is 0 Å². The lowest BCUT2D eigenvalue weighted by Gasteiger charge is -2.02. The number of benzene rings is 2. The van der Waals surface area contributed by atoms with Crippen LogP contribution in [0, 0.1) is 5.41 Å². The number of fused-ring (bicyclic) bond motifs is 3. The van der Waals surface area contributed by atoms with Gasteiger partial charge in [-0.2, -0.15) is 0 Å². The van der Waals surface area contributed by atoms with E-state index in [1.165, 1.54) is 0 Å². The highest BCUT2D eigenvalue weighted by atomic mass is 16.3. The van der Waals surface area contributed by atoms with Crippen LogP contribution in [0.4, 0.5) is 0 Å². The Bertz CT molecular complexity index is 900. The SMILES string of the molecule is C=C/C=C(\C)c1ccc2oc3cccc(C(=N)N)c3c2c1. The summed E-state index contributed by atoms with van der Waals surface area (Å²) in [4.78, 5) is 0. The highest BCUT2D eigenvalue weighted by molar-refractivity contribution is 6.17. The van der Waals surface area contributed by atoms with E-state index in [0.29, 0.717) is 5.56 Å². The summed E-state index contributed by atoms with van der Waals surface area (Å²) in [5.41, 5.74) is 10.2. The van der Waals surface area contributed by atoms with E-state index in [-0.39, 0.29) is 5.84 Å². The molecule has 0 saturated heterocycles. The molecule has 0 aliphatic carbocycles. The van der Waals surface area contributed by atoms with Gasteiger partial charge in [-0.3, -0.25) is 5.41 Å². The molecule has 0 radical (unpaired) electrons. The van der Waals surface area contributed by atoms with Crippen molar-refractivity contribution in [2.45, 2.75) is 6.92 Å². The fourth-order valence-electron chi connectivity index (χ4n) is 2.57. The van der Waals surface area contributed by atoms with Gasteiger partial charge in [0.25, 0.3) is 0 Å². The van der Waals surface area contributed by atoms with Crippen molar-refractivity contribution >= 4 is 33.3 Å². The predicted octanol–water partition coefficient (Wildman–Crippen LogP) is 4.46. The van der Waals surface area contributed by atoms with Crippen LogP contribution in [0.3, 0.4) is 0 Å². The van der Waals surface area contributed by atoms with Crippen LogP contribution in [-0.4, -0.2) is 5.84 Å². The second kappa shape index (κ2) is 4.94. The van der Waals surface area contributed by atoms with Gasteiger partial charge in [0.05, 0.1) is 0 Å². The standard InChI is InChI=1S/C18H16N2O/c1-3-5-11(2)12-8-9-15-14(10-12)17-13(18(19)20)6-4-7-16(17)21-15/h3-10H,1H2,2H3,(H3,19,20)/b11-5+. The third kappa shape index (κ3) is 2.13. The molecule has 2 aromatic carbocycles. The lowest BCUT2D eigenvalue weighted by molar-refractivity contribution is 0.669. The summed E-state index contributed by atoms with van der Waals surface area (Å²) in [5, 5.41) is 9.62. The van der Waals surface area contributed by atoms with Crippen molar-refractivity contribution in [3.05, 3.63) is 66.3 Å². The number of hydrogen-bond donors (Lipinski definition) is 2. The zero-order valence-corrected chi connectivity index (χ0v) is 11.8. The molecule has 1 aromatic heterocycles. The first-order valence-electron chi connectivity index (χ1n) is 6.71. The Morgan fingerprint density at radius 3 is 2.76 bits per heavy atom. The minimum Gasteiger partial charge on any atom is -0.456 e. The smallest absolute Gasteiger partial charge is 0.136 e. The lowest BCUT2D eigenvalue weighted by Crippen LogP contribution is -2.11. The average Bonchev–Trinajstić information content (AvgIpc) is 2.84. The number of allylic oxidation sites excluding steroid dienone is 3. The third-order valence-corrected chi connectivity index (χ3v) is 3.61. The van der Waals surface area contributed by atoms with E-state index in [1.54, 1.807) is 6.08 Å². The Hall–Kier alpha value is -2.81. The van der Waals surface area contributed by atoms with Gasteiger partial charge in [0, 0.05) is 16.3 Å². The molecule has 0 bridgehead atoms. The van der Waals surface area contributed by atoms with Gasteiger partial charge >= 0.3 is 0 Å². The summed E-state index contributed by atoms with van der Waals surface area (Å²) in [6.07, 6.45) is 3.74. The zero-order valence-electron chi connectivity index (χ0n) is 11.8. The van der Waals surface area contributed by atoms with Crippen molar-refractivity contribution in [1.29, 1.82) is 5.41 Å². The van der Waals surface area contributed by atoms with Gasteiger partial charge in [-0.25, -0.2) is 0 Å². The Balaban J connectivity index is 2.38. The average molecular weight is 276 g/mol. The second-order valence-corrected chi connectivity index (χ2v) is 4.99. The van der Waals surface area contributed by atoms with Crippen molar-refractivity contribution in [2.24, 2.45) is 5.73 Å². The van der Waals surface area contributed by atoms with Crippen LogP contribution in [0.25, 0.3) is 27.5 Å². The first-order valence-corrected chi connectivity index (χ1v) is 6.71. The molecule has 0 atom stereocenters. The van der Waals surface area contributed by atoms with E-state index in [2.05, 4.69) is 12.6 Å². The number of nitrogen functional groups attached to an aromatic ring is 1. The first kappa shape index (κ1) is 13.2. The lowest BCUT2D eigenvalue weighted by atomic mass is 10.0. The van der Waals surface area contributed by atoms with Gasteiger partial charge < -0.3 is 10.2 Å². The number of hydrogen-bond acceptors (Lipinski definition) is 2. The predicted molar refractivity (Wildman–Crippen MR) is 88.6 cm³/mol. The summed E-state index contributed by atoms with van der Waals surface area (Å²) < 4.78 is 5.85. The summed E-state index contributed by atoms with van der Waals surface area (Å²) in [5.74, 6) is 0.0482. The highest BCUT2D eigenvalue weighted by Gasteiger charge is 2.13. The topological polar surface area (TPSA) is 63.0 Å². The Kier molecular flexibility index (Phi) is 3.10. The molecule has 3 aromatic rings. The molecule has 1 heterocycles. The van der Waals surface area contributed by atoms with Gasteiger partial charge in [-0.15, -0.1) is 0 Å².